The summed E-state index contributed by atoms with van der Waals surface area (Å²) in [7, 11) is -2.06. The van der Waals surface area contributed by atoms with Gasteiger partial charge in [-0.2, -0.15) is 4.31 Å². The van der Waals surface area contributed by atoms with E-state index in [0.717, 1.165) is 13.8 Å². The Morgan fingerprint density at radius 3 is 2.50 bits per heavy atom. The molecular formula is C12H10Br2ClNO2S2. The molecule has 3 nitrogen and oxygen atoms in total. The Morgan fingerprint density at radius 2 is 1.95 bits per heavy atom. The lowest BCUT2D eigenvalue weighted by Gasteiger charge is -2.17. The molecule has 0 saturated carbocycles. The highest BCUT2D eigenvalue weighted by molar-refractivity contribution is 9.10. The number of sulfonamides is 1. The molecule has 0 radical (unpaired) electrons. The van der Waals surface area contributed by atoms with Crippen LogP contribution in [0.15, 0.2) is 43.5 Å². The third-order valence-electron chi connectivity index (χ3n) is 2.58. The Hall–Kier alpha value is 0.0800. The Labute approximate surface area is 143 Å². The largest absolute Gasteiger partial charge is 0.244 e. The average Bonchev–Trinajstić information content (AvgIpc) is 2.74. The fraction of sp³-hybridized carbons (Fsp3) is 0.167. The van der Waals surface area contributed by atoms with Gasteiger partial charge in [0.2, 0.25) is 10.0 Å². The molecule has 2 aromatic rings. The van der Waals surface area contributed by atoms with E-state index in [0.29, 0.717) is 6.54 Å². The highest BCUT2D eigenvalue weighted by Gasteiger charge is 2.24. The van der Waals surface area contributed by atoms with Gasteiger partial charge < -0.3 is 0 Å². The number of nitrogens with zero attached hydrogens (tertiary/aromatic N) is 1. The zero-order valence-corrected chi connectivity index (χ0v) is 15.9. The SMILES string of the molecule is CN(Cc1cc(Br)cs1)S(=O)(=O)c1ccc(Br)cc1Cl. The molecule has 0 atom stereocenters. The van der Waals surface area contributed by atoms with Gasteiger partial charge in [-0.15, -0.1) is 11.3 Å². The van der Waals surface area contributed by atoms with Gasteiger partial charge in [0.25, 0.3) is 0 Å². The molecule has 20 heavy (non-hydrogen) atoms. The first-order valence-electron chi connectivity index (χ1n) is 5.45. The second-order valence-electron chi connectivity index (χ2n) is 4.07. The summed E-state index contributed by atoms with van der Waals surface area (Å²) in [6.07, 6.45) is 0. The minimum Gasteiger partial charge on any atom is -0.207 e. The van der Waals surface area contributed by atoms with Crippen LogP contribution in [0.3, 0.4) is 0 Å². The molecule has 0 unspecified atom stereocenters. The molecule has 1 aromatic heterocycles. The summed E-state index contributed by atoms with van der Waals surface area (Å²) in [5.41, 5.74) is 0. The fourth-order valence-corrected chi connectivity index (χ4v) is 5.33. The lowest BCUT2D eigenvalue weighted by molar-refractivity contribution is 0.469. The van der Waals surface area contributed by atoms with Crippen molar-refractivity contribution < 1.29 is 8.42 Å². The van der Waals surface area contributed by atoms with Gasteiger partial charge in [-0.1, -0.05) is 27.5 Å². The molecule has 2 rings (SSSR count). The lowest BCUT2D eigenvalue weighted by Crippen LogP contribution is -2.26. The Balaban J connectivity index is 2.29. The van der Waals surface area contributed by atoms with Gasteiger partial charge in [0.1, 0.15) is 4.90 Å². The monoisotopic (exact) mass is 457 g/mol. The molecule has 1 heterocycles. The van der Waals surface area contributed by atoms with Crippen LogP contribution in [0.5, 0.6) is 0 Å². The van der Waals surface area contributed by atoms with Gasteiger partial charge in [0, 0.05) is 32.8 Å². The van der Waals surface area contributed by atoms with Crippen LogP contribution >= 0.6 is 54.8 Å². The summed E-state index contributed by atoms with van der Waals surface area (Å²) in [4.78, 5) is 1.07. The molecular weight excluding hydrogens is 450 g/mol. The Morgan fingerprint density at radius 1 is 1.25 bits per heavy atom. The van der Waals surface area contributed by atoms with Crippen molar-refractivity contribution in [3.05, 3.63) is 48.5 Å². The van der Waals surface area contributed by atoms with E-state index in [1.54, 1.807) is 19.2 Å². The number of hydrogen-bond donors (Lipinski definition) is 0. The van der Waals surface area contributed by atoms with Gasteiger partial charge in [-0.25, -0.2) is 8.42 Å². The fourth-order valence-electron chi connectivity index (χ4n) is 1.59. The zero-order valence-electron chi connectivity index (χ0n) is 10.3. The molecule has 0 bridgehead atoms. The highest BCUT2D eigenvalue weighted by atomic mass is 79.9. The second-order valence-corrected chi connectivity index (χ2v) is 9.31. The van der Waals surface area contributed by atoms with Gasteiger partial charge in [-0.05, 0) is 40.2 Å². The Bertz CT molecular complexity index is 731. The van der Waals surface area contributed by atoms with Crippen LogP contribution in [0.4, 0.5) is 0 Å². The molecule has 0 fully saturated rings. The summed E-state index contributed by atoms with van der Waals surface area (Å²) in [5, 5.41) is 2.13. The van der Waals surface area contributed by atoms with Crippen molar-refractivity contribution in [2.45, 2.75) is 11.4 Å². The van der Waals surface area contributed by atoms with Crippen molar-refractivity contribution in [2.24, 2.45) is 0 Å². The summed E-state index contributed by atoms with van der Waals surface area (Å²) in [5.74, 6) is 0. The lowest BCUT2D eigenvalue weighted by atomic mass is 10.4. The van der Waals surface area contributed by atoms with E-state index in [1.165, 1.54) is 21.7 Å². The zero-order chi connectivity index (χ0) is 14.9. The van der Waals surface area contributed by atoms with Crippen LogP contribution in [0, 0.1) is 0 Å². The minimum atomic E-state index is -3.60. The van der Waals surface area contributed by atoms with Crippen molar-refractivity contribution in [2.75, 3.05) is 7.05 Å². The highest BCUT2D eigenvalue weighted by Crippen LogP contribution is 2.29. The number of benzene rings is 1. The first-order valence-corrected chi connectivity index (χ1v) is 9.73. The van der Waals surface area contributed by atoms with Crippen molar-refractivity contribution in [1.29, 1.82) is 0 Å². The first kappa shape index (κ1) is 16.5. The van der Waals surface area contributed by atoms with Gasteiger partial charge >= 0.3 is 0 Å². The van der Waals surface area contributed by atoms with Crippen LogP contribution in [-0.4, -0.2) is 19.8 Å². The maximum absolute atomic E-state index is 12.5. The van der Waals surface area contributed by atoms with Crippen molar-refractivity contribution in [3.8, 4) is 0 Å². The average molecular weight is 460 g/mol. The smallest absolute Gasteiger partial charge is 0.207 e. The van der Waals surface area contributed by atoms with E-state index >= 15 is 0 Å². The van der Waals surface area contributed by atoms with Crippen LogP contribution in [0.2, 0.25) is 5.02 Å². The summed E-state index contributed by atoms with van der Waals surface area (Å²) in [6.45, 7) is 0.311. The van der Waals surface area contributed by atoms with Crippen LogP contribution in [0.1, 0.15) is 4.88 Å². The molecule has 108 valence electrons. The number of halogens is 3. The molecule has 0 saturated heterocycles. The van der Waals surface area contributed by atoms with Crippen LogP contribution < -0.4 is 0 Å². The molecule has 1 aromatic carbocycles. The number of thiophene rings is 1. The normalized spacial score (nSPS) is 12.1. The maximum atomic E-state index is 12.5. The molecule has 0 spiro atoms. The molecule has 0 amide bonds. The number of hydrogen-bond acceptors (Lipinski definition) is 3. The summed E-state index contributed by atoms with van der Waals surface area (Å²) in [6, 6.07) is 6.64. The van der Waals surface area contributed by atoms with E-state index in [-0.39, 0.29) is 9.92 Å². The molecule has 8 heteroatoms. The maximum Gasteiger partial charge on any atom is 0.244 e. The van der Waals surface area contributed by atoms with Crippen LogP contribution in [-0.2, 0) is 16.6 Å². The van der Waals surface area contributed by atoms with E-state index < -0.39 is 10.0 Å². The van der Waals surface area contributed by atoms with Crippen molar-refractivity contribution in [3.63, 3.8) is 0 Å². The quantitative estimate of drug-likeness (QED) is 0.662. The topological polar surface area (TPSA) is 37.4 Å². The van der Waals surface area contributed by atoms with E-state index in [2.05, 4.69) is 31.9 Å². The summed E-state index contributed by atoms with van der Waals surface area (Å²) < 4.78 is 28.0. The summed E-state index contributed by atoms with van der Waals surface area (Å²) >= 11 is 14.1. The van der Waals surface area contributed by atoms with Gasteiger partial charge in [0.15, 0.2) is 0 Å². The van der Waals surface area contributed by atoms with E-state index in [4.69, 9.17) is 11.6 Å². The predicted molar refractivity (Wildman–Crippen MR) is 89.8 cm³/mol. The number of rotatable bonds is 4. The second kappa shape index (κ2) is 6.46. The van der Waals surface area contributed by atoms with Crippen molar-refractivity contribution in [1.82, 2.24) is 4.31 Å². The Kier molecular flexibility index (Phi) is 5.31. The first-order chi connectivity index (χ1) is 9.30. The third kappa shape index (κ3) is 3.64. The predicted octanol–water partition coefficient (Wildman–Crippen LogP) is 4.75. The van der Waals surface area contributed by atoms with E-state index in [1.807, 2.05) is 11.4 Å². The van der Waals surface area contributed by atoms with Crippen molar-refractivity contribution >= 4 is 64.8 Å². The molecule has 0 N–H and O–H groups in total. The van der Waals surface area contributed by atoms with E-state index in [9.17, 15) is 8.42 Å². The van der Waals surface area contributed by atoms with Crippen LogP contribution in [0.25, 0.3) is 0 Å². The third-order valence-corrected chi connectivity index (χ3v) is 7.04. The molecule has 0 aliphatic heterocycles. The molecule has 0 aliphatic rings. The van der Waals surface area contributed by atoms with Gasteiger partial charge in [0.05, 0.1) is 5.02 Å². The minimum absolute atomic E-state index is 0.112. The standard InChI is InChI=1S/C12H10Br2ClNO2S2/c1-16(6-10-4-9(14)7-19-10)20(17,18)12-3-2-8(13)5-11(12)15/h2-5,7H,6H2,1H3. The molecule has 0 aliphatic carbocycles. The van der Waals surface area contributed by atoms with Gasteiger partial charge in [-0.3, -0.25) is 0 Å².